The van der Waals surface area contributed by atoms with Gasteiger partial charge in [-0.1, -0.05) is 26.2 Å². The molecule has 1 aliphatic carbocycles. The summed E-state index contributed by atoms with van der Waals surface area (Å²) in [7, 11) is -3.52. The number of nitrogens with one attached hydrogen (secondary N) is 2. The highest BCUT2D eigenvalue weighted by atomic mass is 32.2. The van der Waals surface area contributed by atoms with Crippen molar-refractivity contribution in [1.82, 2.24) is 9.44 Å². The van der Waals surface area contributed by atoms with Crippen LogP contribution >= 0.6 is 0 Å². The van der Waals surface area contributed by atoms with E-state index in [2.05, 4.69) is 15.5 Å². The molecule has 0 radical (unpaired) electrons. The van der Waals surface area contributed by atoms with E-state index in [-0.39, 0.29) is 0 Å². The van der Waals surface area contributed by atoms with Gasteiger partial charge in [-0.2, -0.15) is 18.4 Å². The second-order valence-corrected chi connectivity index (χ2v) is 5.36. The zero-order chi connectivity index (χ0) is 11.4. The molecule has 86 valence electrons. The van der Waals surface area contributed by atoms with Gasteiger partial charge in [0.05, 0.1) is 6.07 Å². The molecule has 0 aromatic rings. The van der Waals surface area contributed by atoms with Crippen molar-refractivity contribution in [3.05, 3.63) is 0 Å². The summed E-state index contributed by atoms with van der Waals surface area (Å²) >= 11 is 0. The number of nitriles is 1. The minimum Gasteiger partial charge on any atom is -0.203 e. The highest BCUT2D eigenvalue weighted by Crippen LogP contribution is 2.27. The van der Waals surface area contributed by atoms with E-state index >= 15 is 0 Å². The normalized spacial score (nSPS) is 20.8. The lowest BCUT2D eigenvalue weighted by Gasteiger charge is -2.30. The van der Waals surface area contributed by atoms with Crippen molar-refractivity contribution in [2.45, 2.75) is 44.6 Å². The SMILES string of the molecule is CCNS(=O)(=O)NC1(C#N)CCCCC1. The fourth-order valence-corrected chi connectivity index (χ4v) is 3.09. The van der Waals surface area contributed by atoms with Crippen molar-refractivity contribution in [2.24, 2.45) is 0 Å². The first-order valence-corrected chi connectivity index (χ1v) is 6.72. The van der Waals surface area contributed by atoms with Gasteiger partial charge in [0.25, 0.3) is 10.2 Å². The van der Waals surface area contributed by atoms with Crippen LogP contribution in [0.5, 0.6) is 0 Å². The van der Waals surface area contributed by atoms with E-state index < -0.39 is 15.7 Å². The smallest absolute Gasteiger partial charge is 0.203 e. The molecule has 0 aliphatic heterocycles. The summed E-state index contributed by atoms with van der Waals surface area (Å²) in [6, 6.07) is 2.10. The number of hydrogen-bond donors (Lipinski definition) is 2. The van der Waals surface area contributed by atoms with Crippen LogP contribution in [-0.2, 0) is 10.2 Å². The van der Waals surface area contributed by atoms with Gasteiger partial charge in [-0.25, -0.2) is 4.72 Å². The molecule has 0 spiro atoms. The molecule has 2 N–H and O–H groups in total. The molecule has 0 aromatic heterocycles. The summed E-state index contributed by atoms with van der Waals surface area (Å²) in [5, 5.41) is 9.07. The molecular weight excluding hydrogens is 214 g/mol. The van der Waals surface area contributed by atoms with Crippen LogP contribution in [0.3, 0.4) is 0 Å². The van der Waals surface area contributed by atoms with Crippen molar-refractivity contribution in [2.75, 3.05) is 6.54 Å². The summed E-state index contributed by atoms with van der Waals surface area (Å²) < 4.78 is 27.8. The van der Waals surface area contributed by atoms with E-state index in [1.165, 1.54) is 0 Å². The van der Waals surface area contributed by atoms with Gasteiger partial charge in [0, 0.05) is 6.54 Å². The first-order chi connectivity index (χ1) is 7.04. The van der Waals surface area contributed by atoms with E-state index in [0.717, 1.165) is 19.3 Å². The summed E-state index contributed by atoms with van der Waals surface area (Å²) in [5.41, 5.74) is -0.890. The van der Waals surface area contributed by atoms with Crippen LogP contribution in [0.15, 0.2) is 0 Å². The highest BCUT2D eigenvalue weighted by molar-refractivity contribution is 7.87. The third kappa shape index (κ3) is 3.45. The van der Waals surface area contributed by atoms with Crippen LogP contribution in [0.4, 0.5) is 0 Å². The van der Waals surface area contributed by atoms with Crippen molar-refractivity contribution in [3.8, 4) is 6.07 Å². The maximum absolute atomic E-state index is 11.5. The molecule has 6 heteroatoms. The Balaban J connectivity index is 2.72. The van der Waals surface area contributed by atoms with Crippen LogP contribution in [-0.4, -0.2) is 20.5 Å². The van der Waals surface area contributed by atoms with E-state index in [4.69, 9.17) is 5.26 Å². The van der Waals surface area contributed by atoms with Gasteiger partial charge < -0.3 is 0 Å². The molecule has 0 aromatic carbocycles. The first kappa shape index (κ1) is 12.4. The van der Waals surface area contributed by atoms with Gasteiger partial charge >= 0.3 is 0 Å². The predicted octanol–water partition coefficient (Wildman–Crippen LogP) is 0.657. The third-order valence-corrected chi connectivity index (χ3v) is 3.91. The van der Waals surface area contributed by atoms with Crippen molar-refractivity contribution in [3.63, 3.8) is 0 Å². The van der Waals surface area contributed by atoms with E-state index in [1.54, 1.807) is 6.92 Å². The van der Waals surface area contributed by atoms with E-state index in [9.17, 15) is 8.42 Å². The Hall–Kier alpha value is -0.640. The molecule has 1 rings (SSSR count). The molecule has 0 atom stereocenters. The van der Waals surface area contributed by atoms with Gasteiger partial charge in [0.2, 0.25) is 0 Å². The van der Waals surface area contributed by atoms with Crippen LogP contribution < -0.4 is 9.44 Å². The Bertz CT molecular complexity index is 339. The Labute approximate surface area is 91.0 Å². The standard InChI is InChI=1S/C9H17N3O2S/c1-2-11-15(13,14)12-9(8-10)6-4-3-5-7-9/h11-12H,2-7H2,1H3. The third-order valence-electron chi connectivity index (χ3n) is 2.59. The first-order valence-electron chi connectivity index (χ1n) is 5.23. The summed E-state index contributed by atoms with van der Waals surface area (Å²) in [4.78, 5) is 0. The average molecular weight is 231 g/mol. The minimum absolute atomic E-state index is 0.330. The zero-order valence-corrected chi connectivity index (χ0v) is 9.73. The minimum atomic E-state index is -3.52. The molecular formula is C9H17N3O2S. The van der Waals surface area contributed by atoms with Gasteiger partial charge in [0.15, 0.2) is 0 Å². The van der Waals surface area contributed by atoms with Gasteiger partial charge in [-0.15, -0.1) is 0 Å². The zero-order valence-electron chi connectivity index (χ0n) is 8.91. The molecule has 1 fully saturated rings. The predicted molar refractivity (Wildman–Crippen MR) is 57.2 cm³/mol. The second-order valence-electron chi connectivity index (χ2n) is 3.86. The molecule has 1 saturated carbocycles. The maximum atomic E-state index is 11.5. The summed E-state index contributed by atoms with van der Waals surface area (Å²) in [6.07, 6.45) is 4.10. The fraction of sp³-hybridized carbons (Fsp3) is 0.889. The molecule has 0 bridgehead atoms. The molecule has 15 heavy (non-hydrogen) atoms. The van der Waals surface area contributed by atoms with Crippen LogP contribution in [0.25, 0.3) is 0 Å². The van der Waals surface area contributed by atoms with Crippen molar-refractivity contribution in [1.29, 1.82) is 5.26 Å². The lowest BCUT2D eigenvalue weighted by molar-refractivity contribution is 0.336. The van der Waals surface area contributed by atoms with E-state index in [0.29, 0.717) is 19.4 Å². The number of hydrogen-bond acceptors (Lipinski definition) is 3. The van der Waals surface area contributed by atoms with Crippen LogP contribution in [0.1, 0.15) is 39.0 Å². The number of nitrogens with zero attached hydrogens (tertiary/aromatic N) is 1. The molecule has 1 aliphatic rings. The topological polar surface area (TPSA) is 82.0 Å². The Morgan fingerprint density at radius 1 is 1.33 bits per heavy atom. The lowest BCUT2D eigenvalue weighted by Crippen LogP contribution is -2.52. The van der Waals surface area contributed by atoms with Gasteiger partial charge in [0.1, 0.15) is 5.54 Å². The maximum Gasteiger partial charge on any atom is 0.278 e. The molecule has 0 heterocycles. The van der Waals surface area contributed by atoms with Crippen molar-refractivity contribution >= 4 is 10.2 Å². The molecule has 0 saturated heterocycles. The monoisotopic (exact) mass is 231 g/mol. The highest BCUT2D eigenvalue weighted by Gasteiger charge is 2.35. The van der Waals surface area contributed by atoms with E-state index in [1.807, 2.05) is 0 Å². The summed E-state index contributed by atoms with van der Waals surface area (Å²) in [6.45, 7) is 2.04. The molecule has 0 unspecified atom stereocenters. The van der Waals surface area contributed by atoms with Gasteiger partial charge in [-0.05, 0) is 12.8 Å². The van der Waals surface area contributed by atoms with Crippen molar-refractivity contribution < 1.29 is 8.42 Å². The number of rotatable bonds is 4. The summed E-state index contributed by atoms with van der Waals surface area (Å²) in [5.74, 6) is 0. The Morgan fingerprint density at radius 2 is 1.93 bits per heavy atom. The van der Waals surface area contributed by atoms with Crippen LogP contribution in [0, 0.1) is 11.3 Å². The van der Waals surface area contributed by atoms with Gasteiger partial charge in [-0.3, -0.25) is 0 Å². The molecule has 5 nitrogen and oxygen atoms in total. The Kier molecular flexibility index (Phi) is 4.08. The fourth-order valence-electron chi connectivity index (χ4n) is 1.88. The van der Waals surface area contributed by atoms with Crippen LogP contribution in [0.2, 0.25) is 0 Å². The quantitative estimate of drug-likeness (QED) is 0.745. The average Bonchev–Trinajstić information content (AvgIpc) is 2.18. The largest absolute Gasteiger partial charge is 0.278 e. The Morgan fingerprint density at radius 3 is 2.40 bits per heavy atom. The second kappa shape index (κ2) is 4.92. The molecule has 0 amide bonds. The lowest BCUT2D eigenvalue weighted by atomic mass is 9.84.